The van der Waals surface area contributed by atoms with Gasteiger partial charge in [-0.05, 0) is 58.0 Å². The second-order valence-corrected chi connectivity index (χ2v) is 6.70. The monoisotopic (exact) mass is 333 g/mol. The Bertz CT molecular complexity index is 800. The van der Waals surface area contributed by atoms with Gasteiger partial charge < -0.3 is 19.7 Å². The van der Waals surface area contributed by atoms with E-state index in [1.54, 1.807) is 22.8 Å². The summed E-state index contributed by atoms with van der Waals surface area (Å²) in [5.74, 6) is -0.796. The van der Waals surface area contributed by atoms with Crippen molar-refractivity contribution in [1.82, 2.24) is 9.47 Å². The summed E-state index contributed by atoms with van der Waals surface area (Å²) in [6.45, 7) is 1.20. The molecule has 1 aromatic carbocycles. The summed E-state index contributed by atoms with van der Waals surface area (Å²) in [5.41, 5.74) is 0.386. The molecular formula is C17H23N3O4. The third-order valence-electron chi connectivity index (χ3n) is 4.55. The number of carbonyl (C=O) groups is 1. The molecule has 130 valence electrons. The topological polar surface area (TPSA) is 87.7 Å². The van der Waals surface area contributed by atoms with Crippen LogP contribution < -0.4 is 11.1 Å². The standard InChI is InChI=1S/C17H23N3O4/c1-19(2)9-10-20-13-11-12(5-6-14(13)24-16(20)22)18-15(21)17(23)7-3-4-8-17/h5-6,11,23H,3-4,7-10H2,1-2H3,(H,18,21). The maximum Gasteiger partial charge on any atom is 0.419 e. The molecule has 7 heteroatoms. The van der Waals surface area contributed by atoms with Gasteiger partial charge in [0.2, 0.25) is 0 Å². The molecule has 0 bridgehead atoms. The zero-order chi connectivity index (χ0) is 17.3. The van der Waals surface area contributed by atoms with Crippen LogP contribution in [0.2, 0.25) is 0 Å². The predicted molar refractivity (Wildman–Crippen MR) is 91.1 cm³/mol. The van der Waals surface area contributed by atoms with Crippen LogP contribution in [0.4, 0.5) is 5.69 Å². The Morgan fingerprint density at radius 1 is 1.38 bits per heavy atom. The van der Waals surface area contributed by atoms with E-state index in [-0.39, 0.29) is 5.91 Å². The average Bonchev–Trinajstić information content (AvgIpc) is 3.09. The second-order valence-electron chi connectivity index (χ2n) is 6.70. The number of hydrogen-bond acceptors (Lipinski definition) is 5. The average molecular weight is 333 g/mol. The molecule has 0 radical (unpaired) electrons. The molecule has 24 heavy (non-hydrogen) atoms. The maximum atomic E-state index is 12.3. The predicted octanol–water partition coefficient (Wildman–Crippen LogP) is 1.40. The number of amides is 1. The first kappa shape index (κ1) is 16.7. The molecule has 1 saturated carbocycles. The maximum absolute atomic E-state index is 12.3. The fourth-order valence-corrected chi connectivity index (χ4v) is 3.09. The number of benzene rings is 1. The zero-order valence-electron chi connectivity index (χ0n) is 14.0. The number of oxazole rings is 1. The van der Waals surface area contributed by atoms with Gasteiger partial charge in [-0.3, -0.25) is 9.36 Å². The Labute approximate surface area is 139 Å². The third-order valence-corrected chi connectivity index (χ3v) is 4.55. The number of aromatic nitrogens is 1. The minimum absolute atomic E-state index is 0.384. The number of hydrogen-bond donors (Lipinski definition) is 2. The fourth-order valence-electron chi connectivity index (χ4n) is 3.09. The van der Waals surface area contributed by atoms with E-state index in [0.29, 0.717) is 42.7 Å². The minimum atomic E-state index is -1.28. The van der Waals surface area contributed by atoms with E-state index in [2.05, 4.69) is 5.32 Å². The number of likely N-dealkylation sites (N-methyl/N-ethyl adjacent to an activating group) is 1. The third kappa shape index (κ3) is 3.22. The van der Waals surface area contributed by atoms with Crippen molar-refractivity contribution in [3.63, 3.8) is 0 Å². The van der Waals surface area contributed by atoms with E-state index in [1.165, 1.54) is 0 Å². The summed E-state index contributed by atoms with van der Waals surface area (Å²) in [6.07, 6.45) is 2.68. The molecule has 1 aliphatic carbocycles. The van der Waals surface area contributed by atoms with Gasteiger partial charge in [0.1, 0.15) is 5.60 Å². The van der Waals surface area contributed by atoms with Crippen LogP contribution in [0.5, 0.6) is 0 Å². The molecular weight excluding hydrogens is 310 g/mol. The van der Waals surface area contributed by atoms with Crippen LogP contribution in [0.1, 0.15) is 25.7 Å². The SMILES string of the molecule is CN(C)CCn1c(=O)oc2ccc(NC(=O)C3(O)CCCC3)cc21. The largest absolute Gasteiger partial charge is 0.419 e. The molecule has 2 aromatic rings. The minimum Gasteiger partial charge on any atom is -0.408 e. The number of rotatable bonds is 5. The lowest BCUT2D eigenvalue weighted by atomic mass is 10.0. The molecule has 0 atom stereocenters. The molecule has 0 unspecified atom stereocenters. The van der Waals surface area contributed by atoms with Gasteiger partial charge in [0.15, 0.2) is 5.58 Å². The Morgan fingerprint density at radius 3 is 2.75 bits per heavy atom. The highest BCUT2D eigenvalue weighted by molar-refractivity contribution is 5.98. The summed E-state index contributed by atoms with van der Waals surface area (Å²) in [7, 11) is 3.86. The van der Waals surface area contributed by atoms with Crippen molar-refractivity contribution in [2.75, 3.05) is 26.0 Å². The zero-order valence-corrected chi connectivity index (χ0v) is 14.0. The number of carbonyl (C=O) groups excluding carboxylic acids is 1. The first-order chi connectivity index (χ1) is 11.4. The number of aliphatic hydroxyl groups is 1. The number of anilines is 1. The molecule has 0 spiro atoms. The summed E-state index contributed by atoms with van der Waals surface area (Å²) in [6, 6.07) is 5.06. The molecule has 1 aromatic heterocycles. The van der Waals surface area contributed by atoms with Gasteiger partial charge in [-0.2, -0.15) is 0 Å². The highest BCUT2D eigenvalue weighted by atomic mass is 16.4. The Balaban J connectivity index is 1.86. The summed E-state index contributed by atoms with van der Waals surface area (Å²) in [5, 5.41) is 13.1. The number of fused-ring (bicyclic) bond motifs is 1. The quantitative estimate of drug-likeness (QED) is 0.863. The molecule has 2 N–H and O–H groups in total. The number of nitrogens with zero attached hydrogens (tertiary/aromatic N) is 2. The summed E-state index contributed by atoms with van der Waals surface area (Å²) in [4.78, 5) is 26.3. The molecule has 7 nitrogen and oxygen atoms in total. The van der Waals surface area contributed by atoms with Crippen molar-refractivity contribution in [2.45, 2.75) is 37.8 Å². The van der Waals surface area contributed by atoms with Gasteiger partial charge in [0.25, 0.3) is 5.91 Å². The Kier molecular flexibility index (Phi) is 4.47. The van der Waals surface area contributed by atoms with Crippen molar-refractivity contribution >= 4 is 22.7 Å². The van der Waals surface area contributed by atoms with Crippen LogP contribution in [0, 0.1) is 0 Å². The van der Waals surface area contributed by atoms with Gasteiger partial charge in [-0.1, -0.05) is 0 Å². The van der Waals surface area contributed by atoms with Crippen molar-refractivity contribution in [3.8, 4) is 0 Å². The van der Waals surface area contributed by atoms with Gasteiger partial charge in [-0.25, -0.2) is 4.79 Å². The van der Waals surface area contributed by atoms with E-state index < -0.39 is 11.4 Å². The van der Waals surface area contributed by atoms with Gasteiger partial charge in [-0.15, -0.1) is 0 Å². The highest BCUT2D eigenvalue weighted by Crippen LogP contribution is 2.31. The van der Waals surface area contributed by atoms with Crippen molar-refractivity contribution in [1.29, 1.82) is 0 Å². The molecule has 0 saturated heterocycles. The molecule has 1 heterocycles. The molecule has 1 aliphatic rings. The Hall–Kier alpha value is -2.12. The first-order valence-electron chi connectivity index (χ1n) is 8.21. The summed E-state index contributed by atoms with van der Waals surface area (Å²) < 4.78 is 6.79. The van der Waals surface area contributed by atoms with Crippen LogP contribution in [0.3, 0.4) is 0 Å². The van der Waals surface area contributed by atoms with Crippen LogP contribution in [0.15, 0.2) is 27.4 Å². The molecule has 0 aliphatic heterocycles. The van der Waals surface area contributed by atoms with Gasteiger partial charge in [0, 0.05) is 18.8 Å². The van der Waals surface area contributed by atoms with Crippen molar-refractivity contribution < 1.29 is 14.3 Å². The molecule has 1 amide bonds. The van der Waals surface area contributed by atoms with Crippen LogP contribution in [0.25, 0.3) is 11.1 Å². The van der Waals surface area contributed by atoms with E-state index in [9.17, 15) is 14.7 Å². The lowest BCUT2D eigenvalue weighted by molar-refractivity contribution is -0.133. The van der Waals surface area contributed by atoms with Crippen LogP contribution in [-0.4, -0.2) is 46.7 Å². The normalized spacial score (nSPS) is 16.8. The number of nitrogens with one attached hydrogen (secondary N) is 1. The lowest BCUT2D eigenvalue weighted by Gasteiger charge is -2.20. The van der Waals surface area contributed by atoms with Gasteiger partial charge >= 0.3 is 5.76 Å². The van der Waals surface area contributed by atoms with Gasteiger partial charge in [0.05, 0.1) is 5.52 Å². The van der Waals surface area contributed by atoms with E-state index in [0.717, 1.165) is 12.8 Å². The lowest BCUT2D eigenvalue weighted by Crippen LogP contribution is -2.40. The van der Waals surface area contributed by atoms with Crippen molar-refractivity contribution in [3.05, 3.63) is 28.7 Å². The smallest absolute Gasteiger partial charge is 0.408 e. The van der Waals surface area contributed by atoms with Crippen molar-refractivity contribution in [2.24, 2.45) is 0 Å². The fraction of sp³-hybridized carbons (Fsp3) is 0.529. The second kappa shape index (κ2) is 6.41. The van der Waals surface area contributed by atoms with E-state index in [4.69, 9.17) is 4.42 Å². The summed E-state index contributed by atoms with van der Waals surface area (Å²) >= 11 is 0. The molecule has 3 rings (SSSR count). The molecule has 1 fully saturated rings. The van der Waals surface area contributed by atoms with Crippen LogP contribution >= 0.6 is 0 Å². The first-order valence-corrected chi connectivity index (χ1v) is 8.21. The van der Waals surface area contributed by atoms with E-state index >= 15 is 0 Å². The van der Waals surface area contributed by atoms with Crippen LogP contribution in [-0.2, 0) is 11.3 Å². The highest BCUT2D eigenvalue weighted by Gasteiger charge is 2.38. The Morgan fingerprint density at radius 2 is 2.08 bits per heavy atom. The van der Waals surface area contributed by atoms with E-state index in [1.807, 2.05) is 19.0 Å².